The first-order valence-electron chi connectivity index (χ1n) is 8.56. The van der Waals surface area contributed by atoms with E-state index >= 15 is 0 Å². The Morgan fingerprint density at radius 2 is 2.00 bits per heavy atom. The molecule has 1 atom stereocenters. The van der Waals surface area contributed by atoms with Crippen molar-refractivity contribution in [2.24, 2.45) is 5.92 Å². The van der Waals surface area contributed by atoms with Crippen LogP contribution in [0.4, 0.5) is 0 Å². The second kappa shape index (κ2) is 8.02. The second-order valence-corrected chi connectivity index (χ2v) is 6.29. The third-order valence-electron chi connectivity index (χ3n) is 4.73. The van der Waals surface area contributed by atoms with Gasteiger partial charge in [0.2, 0.25) is 0 Å². The van der Waals surface area contributed by atoms with Crippen molar-refractivity contribution in [1.82, 2.24) is 15.3 Å². The maximum atomic E-state index is 12.8. The van der Waals surface area contributed by atoms with E-state index in [1.807, 2.05) is 30.3 Å². The molecular formula is C19H23N3O2. The van der Waals surface area contributed by atoms with Crippen LogP contribution in [0.1, 0.15) is 42.5 Å². The quantitative estimate of drug-likeness (QED) is 0.856. The summed E-state index contributed by atoms with van der Waals surface area (Å²) in [5.41, 5.74) is 2.01. The van der Waals surface area contributed by atoms with Crippen molar-refractivity contribution in [3.8, 4) is 11.3 Å². The molecule has 1 amide bonds. The molecule has 0 spiro atoms. The molecule has 0 bridgehead atoms. The minimum Gasteiger partial charge on any atom is -0.396 e. The molecule has 2 aromatic rings. The Morgan fingerprint density at radius 3 is 2.71 bits per heavy atom. The number of aliphatic hydroxyl groups excluding tert-OH is 1. The van der Waals surface area contributed by atoms with Crippen molar-refractivity contribution in [3.05, 3.63) is 48.4 Å². The minimum absolute atomic E-state index is 0.00818. The molecule has 5 heteroatoms. The van der Waals surface area contributed by atoms with Crippen molar-refractivity contribution < 1.29 is 9.90 Å². The molecule has 1 aliphatic carbocycles. The van der Waals surface area contributed by atoms with E-state index < -0.39 is 0 Å². The molecule has 1 aliphatic rings. The van der Waals surface area contributed by atoms with Gasteiger partial charge in [-0.05, 0) is 25.2 Å². The van der Waals surface area contributed by atoms with Gasteiger partial charge in [0.1, 0.15) is 6.33 Å². The molecule has 126 valence electrons. The summed E-state index contributed by atoms with van der Waals surface area (Å²) in [6.07, 6.45) is 8.24. The largest absolute Gasteiger partial charge is 0.396 e. The predicted molar refractivity (Wildman–Crippen MR) is 92.4 cm³/mol. The molecule has 1 heterocycles. The van der Waals surface area contributed by atoms with E-state index in [0.29, 0.717) is 23.6 Å². The summed E-state index contributed by atoms with van der Waals surface area (Å²) >= 11 is 0. The molecular weight excluding hydrogens is 302 g/mol. The van der Waals surface area contributed by atoms with Crippen LogP contribution in [0.3, 0.4) is 0 Å². The Kier molecular flexibility index (Phi) is 5.54. The lowest BCUT2D eigenvalue weighted by atomic mass is 9.95. The molecule has 3 rings (SSSR count). The van der Waals surface area contributed by atoms with Crippen LogP contribution >= 0.6 is 0 Å². The SMILES string of the molecule is O=C(NC(CCO)C1CCCC1)c1cncnc1-c1ccccc1. The maximum absolute atomic E-state index is 12.8. The first kappa shape index (κ1) is 16.6. The Morgan fingerprint density at radius 1 is 1.25 bits per heavy atom. The van der Waals surface area contributed by atoms with E-state index in [1.165, 1.54) is 19.2 Å². The van der Waals surface area contributed by atoms with Gasteiger partial charge < -0.3 is 10.4 Å². The van der Waals surface area contributed by atoms with Crippen LogP contribution < -0.4 is 5.32 Å². The van der Waals surface area contributed by atoms with E-state index in [4.69, 9.17) is 0 Å². The van der Waals surface area contributed by atoms with Crippen LogP contribution in [0.5, 0.6) is 0 Å². The lowest BCUT2D eigenvalue weighted by Gasteiger charge is -2.24. The van der Waals surface area contributed by atoms with Crippen LogP contribution in [-0.4, -0.2) is 33.6 Å². The maximum Gasteiger partial charge on any atom is 0.255 e. The van der Waals surface area contributed by atoms with Gasteiger partial charge in [0.05, 0.1) is 11.3 Å². The highest BCUT2D eigenvalue weighted by atomic mass is 16.3. The first-order valence-corrected chi connectivity index (χ1v) is 8.56. The predicted octanol–water partition coefficient (Wildman–Crippen LogP) is 2.81. The highest BCUT2D eigenvalue weighted by Gasteiger charge is 2.27. The van der Waals surface area contributed by atoms with Crippen LogP contribution in [0, 0.1) is 5.92 Å². The number of benzene rings is 1. The fourth-order valence-corrected chi connectivity index (χ4v) is 3.49. The minimum atomic E-state index is -0.167. The molecule has 1 aromatic heterocycles. The number of aromatic nitrogens is 2. The fraction of sp³-hybridized carbons (Fsp3) is 0.421. The summed E-state index contributed by atoms with van der Waals surface area (Å²) in [5, 5.41) is 12.4. The molecule has 24 heavy (non-hydrogen) atoms. The second-order valence-electron chi connectivity index (χ2n) is 6.29. The molecule has 0 radical (unpaired) electrons. The summed E-state index contributed by atoms with van der Waals surface area (Å²) in [6.45, 7) is 0.0816. The standard InChI is InChI=1S/C19H23N3O2/c23-11-10-17(14-6-4-5-7-14)22-19(24)16-12-20-13-21-18(16)15-8-2-1-3-9-15/h1-3,8-9,12-14,17,23H,4-7,10-11H2,(H,22,24). The highest BCUT2D eigenvalue weighted by molar-refractivity contribution is 5.99. The molecule has 0 aliphatic heterocycles. The average molecular weight is 325 g/mol. The fourth-order valence-electron chi connectivity index (χ4n) is 3.49. The molecule has 1 unspecified atom stereocenters. The Labute approximate surface area is 142 Å². The number of nitrogens with one attached hydrogen (secondary N) is 1. The Balaban J connectivity index is 1.82. The summed E-state index contributed by atoms with van der Waals surface area (Å²) < 4.78 is 0. The van der Waals surface area contributed by atoms with Gasteiger partial charge in [-0.3, -0.25) is 4.79 Å². The van der Waals surface area contributed by atoms with Crippen LogP contribution in [0.25, 0.3) is 11.3 Å². The van der Waals surface area contributed by atoms with E-state index in [1.54, 1.807) is 6.20 Å². The van der Waals surface area contributed by atoms with Crippen LogP contribution in [0.2, 0.25) is 0 Å². The highest BCUT2D eigenvalue weighted by Crippen LogP contribution is 2.29. The van der Waals surface area contributed by atoms with Crippen molar-refractivity contribution >= 4 is 5.91 Å². The average Bonchev–Trinajstić information content (AvgIpc) is 3.16. The van der Waals surface area contributed by atoms with E-state index in [-0.39, 0.29) is 18.6 Å². The molecule has 1 aromatic carbocycles. The number of hydrogen-bond donors (Lipinski definition) is 2. The van der Waals surface area contributed by atoms with E-state index in [0.717, 1.165) is 18.4 Å². The smallest absolute Gasteiger partial charge is 0.255 e. The van der Waals surface area contributed by atoms with Gasteiger partial charge in [-0.25, -0.2) is 9.97 Å². The molecule has 5 nitrogen and oxygen atoms in total. The molecule has 1 fully saturated rings. The van der Waals surface area contributed by atoms with Gasteiger partial charge in [0.25, 0.3) is 5.91 Å². The molecule has 0 saturated heterocycles. The van der Waals surface area contributed by atoms with Gasteiger partial charge >= 0.3 is 0 Å². The zero-order valence-corrected chi connectivity index (χ0v) is 13.7. The summed E-state index contributed by atoms with van der Waals surface area (Å²) in [5.74, 6) is 0.283. The van der Waals surface area contributed by atoms with Crippen LogP contribution in [0.15, 0.2) is 42.9 Å². The number of hydrogen-bond acceptors (Lipinski definition) is 4. The van der Waals surface area contributed by atoms with Gasteiger partial charge in [0, 0.05) is 24.4 Å². The topological polar surface area (TPSA) is 75.1 Å². The number of carbonyl (C=O) groups excluding carboxylic acids is 1. The van der Waals surface area contributed by atoms with Gasteiger partial charge in [0.15, 0.2) is 0 Å². The zero-order chi connectivity index (χ0) is 16.8. The summed E-state index contributed by atoms with van der Waals surface area (Å²) in [7, 11) is 0. The zero-order valence-electron chi connectivity index (χ0n) is 13.7. The van der Waals surface area contributed by atoms with Gasteiger partial charge in [-0.2, -0.15) is 0 Å². The van der Waals surface area contributed by atoms with Crippen molar-refractivity contribution in [1.29, 1.82) is 0 Å². The van der Waals surface area contributed by atoms with E-state index in [2.05, 4.69) is 15.3 Å². The lowest BCUT2D eigenvalue weighted by molar-refractivity contribution is 0.0911. The number of aliphatic hydroxyl groups is 1. The van der Waals surface area contributed by atoms with Crippen LogP contribution in [-0.2, 0) is 0 Å². The molecule has 1 saturated carbocycles. The molecule has 2 N–H and O–H groups in total. The lowest BCUT2D eigenvalue weighted by Crippen LogP contribution is -2.40. The van der Waals surface area contributed by atoms with E-state index in [9.17, 15) is 9.90 Å². The van der Waals surface area contributed by atoms with Gasteiger partial charge in [-0.15, -0.1) is 0 Å². The number of nitrogens with zero attached hydrogens (tertiary/aromatic N) is 2. The van der Waals surface area contributed by atoms with Gasteiger partial charge in [-0.1, -0.05) is 43.2 Å². The third-order valence-corrected chi connectivity index (χ3v) is 4.73. The summed E-state index contributed by atoms with van der Waals surface area (Å²) in [6, 6.07) is 9.65. The van der Waals surface area contributed by atoms with Crippen molar-refractivity contribution in [3.63, 3.8) is 0 Å². The Bertz CT molecular complexity index is 669. The number of rotatable bonds is 6. The normalized spacial score (nSPS) is 16.0. The van der Waals surface area contributed by atoms with Crippen molar-refractivity contribution in [2.75, 3.05) is 6.61 Å². The number of carbonyl (C=O) groups is 1. The first-order chi connectivity index (χ1) is 11.8. The third kappa shape index (κ3) is 3.79. The summed E-state index contributed by atoms with van der Waals surface area (Å²) in [4.78, 5) is 21.1. The monoisotopic (exact) mass is 325 g/mol. The Hall–Kier alpha value is -2.27. The van der Waals surface area contributed by atoms with Crippen molar-refractivity contribution in [2.45, 2.75) is 38.1 Å². The number of amides is 1.